The molecule has 144 valence electrons. The van der Waals surface area contributed by atoms with Crippen LogP contribution in [0.1, 0.15) is 65.6 Å². The second kappa shape index (κ2) is 6.95. The predicted octanol–water partition coefficient (Wildman–Crippen LogP) is 4.09. The van der Waals surface area contributed by atoms with Crippen LogP contribution in [0.4, 0.5) is 0 Å². The first-order valence-corrected chi connectivity index (χ1v) is 9.89. The van der Waals surface area contributed by atoms with E-state index in [-0.39, 0.29) is 12.0 Å². The normalized spacial score (nSPS) is 18.1. The zero-order valence-electron chi connectivity index (χ0n) is 16.6. The highest BCUT2D eigenvalue weighted by molar-refractivity contribution is 5.95. The number of rotatable bonds is 6. The first-order chi connectivity index (χ1) is 13.0. The maximum absolute atomic E-state index is 12.8. The van der Waals surface area contributed by atoms with Crippen LogP contribution < -0.4 is 14.8 Å². The van der Waals surface area contributed by atoms with Crippen molar-refractivity contribution in [3.8, 4) is 11.5 Å². The number of hydrogen-bond donors (Lipinski definition) is 1. The van der Waals surface area contributed by atoms with E-state index in [1.165, 1.54) is 18.4 Å². The molecule has 0 saturated heterocycles. The van der Waals surface area contributed by atoms with E-state index in [1.54, 1.807) is 0 Å². The van der Waals surface area contributed by atoms with E-state index in [1.807, 2.05) is 26.0 Å². The quantitative estimate of drug-likeness (QED) is 0.835. The summed E-state index contributed by atoms with van der Waals surface area (Å²) in [6.07, 6.45) is 3.51. The Morgan fingerprint density at radius 3 is 2.78 bits per heavy atom. The molecule has 1 fully saturated rings. The second-order valence-electron chi connectivity index (χ2n) is 7.70. The van der Waals surface area contributed by atoms with Crippen molar-refractivity contribution in [3.05, 3.63) is 46.3 Å². The average Bonchev–Trinajstić information content (AvgIpc) is 3.31. The maximum Gasteiger partial charge on any atom is 0.253 e. The summed E-state index contributed by atoms with van der Waals surface area (Å²) in [7, 11) is 0. The van der Waals surface area contributed by atoms with Crippen molar-refractivity contribution in [2.24, 2.45) is 0 Å². The molecule has 0 unspecified atom stereocenters. The lowest BCUT2D eigenvalue weighted by atomic mass is 10.1. The summed E-state index contributed by atoms with van der Waals surface area (Å²) in [4.78, 5) is 12.8. The van der Waals surface area contributed by atoms with Crippen LogP contribution in [0.5, 0.6) is 11.5 Å². The number of carbonyl (C=O) groups is 1. The lowest BCUT2D eigenvalue weighted by Crippen LogP contribution is -2.23. The van der Waals surface area contributed by atoms with Gasteiger partial charge in [0.1, 0.15) is 17.6 Å². The summed E-state index contributed by atoms with van der Waals surface area (Å²) in [5.74, 6) is 1.70. The summed E-state index contributed by atoms with van der Waals surface area (Å²) in [5, 5.41) is 3.07. The van der Waals surface area contributed by atoms with Crippen LogP contribution in [0.15, 0.2) is 18.2 Å². The molecule has 2 aliphatic rings. The van der Waals surface area contributed by atoms with Crippen LogP contribution in [0.2, 0.25) is 0 Å². The molecular weight excluding hydrogens is 340 g/mol. The monoisotopic (exact) mass is 368 g/mol. The summed E-state index contributed by atoms with van der Waals surface area (Å²) < 4.78 is 14.0. The molecule has 5 heteroatoms. The van der Waals surface area contributed by atoms with Crippen molar-refractivity contribution in [2.45, 2.75) is 65.6 Å². The van der Waals surface area contributed by atoms with Gasteiger partial charge in [0.25, 0.3) is 5.91 Å². The summed E-state index contributed by atoms with van der Waals surface area (Å²) in [6, 6.07) is 6.65. The highest BCUT2D eigenvalue weighted by atomic mass is 16.5. The minimum Gasteiger partial charge on any atom is -0.494 e. The molecule has 2 aromatic rings. The first kappa shape index (κ1) is 18.0. The van der Waals surface area contributed by atoms with E-state index in [0.717, 1.165) is 40.4 Å². The Morgan fingerprint density at radius 1 is 1.30 bits per heavy atom. The molecule has 4 rings (SSSR count). The number of nitrogens with one attached hydrogen (secondary N) is 1. The Balaban J connectivity index is 1.52. The van der Waals surface area contributed by atoms with Crippen LogP contribution in [-0.4, -0.2) is 23.2 Å². The number of amides is 1. The summed E-state index contributed by atoms with van der Waals surface area (Å²) in [5.41, 5.74) is 5.12. The standard InChI is InChI=1S/C22H28N2O3/c1-5-26-20-10-16-9-14(3)27-21(16)11-17(20)12-23-22(25)19-8-13(2)24(15(19)4)18-6-7-18/h8,10-11,14,18H,5-7,9,12H2,1-4H3,(H,23,25)/t14-/m1/s1. The van der Waals surface area contributed by atoms with Crippen LogP contribution in [0.3, 0.4) is 0 Å². The number of benzene rings is 1. The van der Waals surface area contributed by atoms with E-state index < -0.39 is 0 Å². The molecule has 27 heavy (non-hydrogen) atoms. The lowest BCUT2D eigenvalue weighted by Gasteiger charge is -2.13. The van der Waals surface area contributed by atoms with Crippen molar-refractivity contribution in [2.75, 3.05) is 6.61 Å². The van der Waals surface area contributed by atoms with E-state index in [0.29, 0.717) is 19.2 Å². The molecule has 1 aromatic heterocycles. The van der Waals surface area contributed by atoms with E-state index in [4.69, 9.17) is 9.47 Å². The maximum atomic E-state index is 12.8. The van der Waals surface area contributed by atoms with Crippen molar-refractivity contribution in [1.29, 1.82) is 0 Å². The fourth-order valence-corrected chi connectivity index (χ4v) is 4.08. The predicted molar refractivity (Wildman–Crippen MR) is 105 cm³/mol. The van der Waals surface area contributed by atoms with Crippen molar-refractivity contribution in [1.82, 2.24) is 9.88 Å². The molecule has 2 heterocycles. The number of aromatic nitrogens is 1. The molecule has 1 amide bonds. The van der Waals surface area contributed by atoms with Gasteiger partial charge in [0, 0.05) is 41.5 Å². The molecule has 0 spiro atoms. The van der Waals surface area contributed by atoms with Gasteiger partial charge in [-0.1, -0.05) is 0 Å². The number of aryl methyl sites for hydroxylation is 1. The minimum atomic E-state index is -0.0350. The smallest absolute Gasteiger partial charge is 0.253 e. The fraction of sp³-hybridized carbons (Fsp3) is 0.500. The Hall–Kier alpha value is -2.43. The van der Waals surface area contributed by atoms with Crippen LogP contribution in [-0.2, 0) is 13.0 Å². The first-order valence-electron chi connectivity index (χ1n) is 9.89. The lowest BCUT2D eigenvalue weighted by molar-refractivity contribution is 0.0950. The minimum absolute atomic E-state index is 0.0350. The van der Waals surface area contributed by atoms with Gasteiger partial charge < -0.3 is 19.4 Å². The van der Waals surface area contributed by atoms with Crippen molar-refractivity contribution in [3.63, 3.8) is 0 Å². The Labute approximate surface area is 160 Å². The average molecular weight is 368 g/mol. The van der Waals surface area contributed by atoms with Gasteiger partial charge >= 0.3 is 0 Å². The van der Waals surface area contributed by atoms with Crippen LogP contribution >= 0.6 is 0 Å². The highest BCUT2D eigenvalue weighted by Crippen LogP contribution is 2.38. The number of carbonyl (C=O) groups excluding carboxylic acids is 1. The number of fused-ring (bicyclic) bond motifs is 1. The molecule has 0 radical (unpaired) electrons. The zero-order valence-corrected chi connectivity index (χ0v) is 16.6. The van der Waals surface area contributed by atoms with Crippen molar-refractivity contribution < 1.29 is 14.3 Å². The Morgan fingerprint density at radius 2 is 2.07 bits per heavy atom. The molecule has 1 aromatic carbocycles. The SMILES string of the molecule is CCOc1cc2c(cc1CNC(=O)c1cc(C)n(C3CC3)c1C)O[C@H](C)C2. The van der Waals surface area contributed by atoms with Gasteiger partial charge in [-0.15, -0.1) is 0 Å². The Bertz CT molecular complexity index is 880. The topological polar surface area (TPSA) is 52.5 Å². The molecule has 1 N–H and O–H groups in total. The molecule has 1 atom stereocenters. The van der Waals surface area contributed by atoms with Gasteiger partial charge in [-0.25, -0.2) is 0 Å². The third-order valence-electron chi connectivity index (χ3n) is 5.46. The number of ether oxygens (including phenoxy) is 2. The molecule has 0 bridgehead atoms. The van der Waals surface area contributed by atoms with Gasteiger partial charge in [0.2, 0.25) is 0 Å². The molecular formula is C22H28N2O3. The fourth-order valence-electron chi connectivity index (χ4n) is 4.08. The third kappa shape index (κ3) is 3.43. The molecule has 1 aliphatic carbocycles. The molecule has 1 aliphatic heterocycles. The Kier molecular flexibility index (Phi) is 4.62. The van der Waals surface area contributed by atoms with Crippen molar-refractivity contribution >= 4 is 5.91 Å². The zero-order chi connectivity index (χ0) is 19.1. The van der Waals surface area contributed by atoms with E-state index in [2.05, 4.69) is 29.8 Å². The summed E-state index contributed by atoms with van der Waals surface area (Å²) >= 11 is 0. The van der Waals surface area contributed by atoms with Crippen LogP contribution in [0, 0.1) is 13.8 Å². The third-order valence-corrected chi connectivity index (χ3v) is 5.46. The van der Waals surface area contributed by atoms with Gasteiger partial charge in [0.15, 0.2) is 0 Å². The van der Waals surface area contributed by atoms with Gasteiger partial charge in [-0.3, -0.25) is 4.79 Å². The molecule has 1 saturated carbocycles. The van der Waals surface area contributed by atoms with Crippen LogP contribution in [0.25, 0.3) is 0 Å². The highest BCUT2D eigenvalue weighted by Gasteiger charge is 2.28. The van der Waals surface area contributed by atoms with E-state index in [9.17, 15) is 4.79 Å². The second-order valence-corrected chi connectivity index (χ2v) is 7.70. The summed E-state index contributed by atoms with van der Waals surface area (Å²) in [6.45, 7) is 9.18. The van der Waals surface area contributed by atoms with Gasteiger partial charge in [-0.05, 0) is 58.7 Å². The van der Waals surface area contributed by atoms with E-state index >= 15 is 0 Å². The largest absolute Gasteiger partial charge is 0.494 e. The number of nitrogens with zero attached hydrogens (tertiary/aromatic N) is 1. The molecule has 5 nitrogen and oxygen atoms in total. The van der Waals surface area contributed by atoms with Gasteiger partial charge in [0.05, 0.1) is 12.2 Å². The number of hydrogen-bond acceptors (Lipinski definition) is 3. The van der Waals surface area contributed by atoms with Gasteiger partial charge in [-0.2, -0.15) is 0 Å².